The third-order valence-electron chi connectivity index (χ3n) is 5.13. The average Bonchev–Trinajstić information content (AvgIpc) is 2.73. The first kappa shape index (κ1) is 18.3. The van der Waals surface area contributed by atoms with Crippen molar-refractivity contribution < 1.29 is 4.74 Å². The molecular weight excluding hydrogens is 348 g/mol. The van der Waals surface area contributed by atoms with Crippen LogP contribution in [0.3, 0.4) is 0 Å². The van der Waals surface area contributed by atoms with Crippen molar-refractivity contribution in [1.82, 2.24) is 9.97 Å². The molecule has 0 bridgehead atoms. The molecule has 3 aromatic rings. The second kappa shape index (κ2) is 8.30. The van der Waals surface area contributed by atoms with Gasteiger partial charge in [0.1, 0.15) is 23.2 Å². The first-order chi connectivity index (χ1) is 13.7. The van der Waals surface area contributed by atoms with Crippen LogP contribution in [-0.2, 0) is 19.4 Å². The number of hydrogen-bond acceptors (Lipinski definition) is 5. The monoisotopic (exact) mass is 374 g/mol. The maximum absolute atomic E-state index is 5.30. The van der Waals surface area contributed by atoms with E-state index >= 15 is 0 Å². The standard InChI is InChI=1S/C23H26N4O/c1-17-25-22(24-12-10-18-6-5-9-21(14-18)28-2)15-23(26-17)27-13-11-19-7-3-4-8-20(19)16-27/h3-9,14-15H,10-13,16H2,1-2H3,(H,24,25,26). The predicted molar refractivity (Wildman–Crippen MR) is 113 cm³/mol. The summed E-state index contributed by atoms with van der Waals surface area (Å²) in [6.07, 6.45) is 1.96. The Kier molecular flexibility index (Phi) is 5.42. The third kappa shape index (κ3) is 4.25. The van der Waals surface area contributed by atoms with Crippen LogP contribution < -0.4 is 15.0 Å². The highest BCUT2D eigenvalue weighted by atomic mass is 16.5. The quantitative estimate of drug-likeness (QED) is 0.706. The van der Waals surface area contributed by atoms with Crippen molar-refractivity contribution >= 4 is 11.6 Å². The second-order valence-corrected chi connectivity index (χ2v) is 7.13. The molecule has 1 aromatic heterocycles. The summed E-state index contributed by atoms with van der Waals surface area (Å²) in [6, 6.07) is 18.9. The summed E-state index contributed by atoms with van der Waals surface area (Å²) >= 11 is 0. The molecule has 0 fully saturated rings. The Bertz CT molecular complexity index is 957. The SMILES string of the molecule is COc1cccc(CCNc2cc(N3CCc4ccccc4C3)nc(C)n2)c1. The van der Waals surface area contributed by atoms with Crippen LogP contribution in [0.25, 0.3) is 0 Å². The van der Waals surface area contributed by atoms with Crippen LogP contribution in [0, 0.1) is 6.92 Å². The van der Waals surface area contributed by atoms with Crippen molar-refractivity contribution in [2.75, 3.05) is 30.4 Å². The fourth-order valence-electron chi connectivity index (χ4n) is 3.66. The van der Waals surface area contributed by atoms with Gasteiger partial charge in [-0.05, 0) is 48.6 Å². The summed E-state index contributed by atoms with van der Waals surface area (Å²) in [5.41, 5.74) is 4.07. The molecule has 0 unspecified atom stereocenters. The minimum atomic E-state index is 0.792. The van der Waals surface area contributed by atoms with Crippen LogP contribution in [0.15, 0.2) is 54.6 Å². The minimum Gasteiger partial charge on any atom is -0.497 e. The molecule has 0 spiro atoms. The van der Waals surface area contributed by atoms with Gasteiger partial charge in [0, 0.05) is 25.7 Å². The molecule has 1 aliphatic heterocycles. The number of aromatic nitrogens is 2. The molecule has 4 rings (SSSR count). The number of methoxy groups -OCH3 is 1. The predicted octanol–water partition coefficient (Wildman–Crippen LogP) is 4.01. The molecule has 0 radical (unpaired) electrons. The zero-order valence-corrected chi connectivity index (χ0v) is 16.5. The largest absolute Gasteiger partial charge is 0.497 e. The van der Waals surface area contributed by atoms with Crippen molar-refractivity contribution in [3.63, 3.8) is 0 Å². The van der Waals surface area contributed by atoms with Crippen LogP contribution in [0.2, 0.25) is 0 Å². The van der Waals surface area contributed by atoms with E-state index in [1.54, 1.807) is 7.11 Å². The highest BCUT2D eigenvalue weighted by Crippen LogP contribution is 2.24. The lowest BCUT2D eigenvalue weighted by Crippen LogP contribution is -2.31. The van der Waals surface area contributed by atoms with Crippen molar-refractivity contribution in [3.05, 3.63) is 77.1 Å². The number of nitrogens with zero attached hydrogens (tertiary/aromatic N) is 3. The number of aryl methyl sites for hydroxylation is 1. The molecule has 0 amide bonds. The summed E-state index contributed by atoms with van der Waals surface area (Å²) in [6.45, 7) is 4.65. The van der Waals surface area contributed by atoms with Gasteiger partial charge < -0.3 is 15.0 Å². The number of nitrogens with one attached hydrogen (secondary N) is 1. The molecule has 28 heavy (non-hydrogen) atoms. The summed E-state index contributed by atoms with van der Waals surface area (Å²) in [5, 5.41) is 3.45. The number of anilines is 2. The van der Waals surface area contributed by atoms with Gasteiger partial charge in [0.25, 0.3) is 0 Å². The van der Waals surface area contributed by atoms with Gasteiger partial charge in [-0.2, -0.15) is 0 Å². The van der Waals surface area contributed by atoms with E-state index in [1.165, 1.54) is 16.7 Å². The molecule has 0 saturated heterocycles. The molecule has 5 nitrogen and oxygen atoms in total. The van der Waals surface area contributed by atoms with Crippen molar-refractivity contribution in [1.29, 1.82) is 0 Å². The van der Waals surface area contributed by atoms with E-state index < -0.39 is 0 Å². The Morgan fingerprint density at radius 1 is 1.04 bits per heavy atom. The number of hydrogen-bond donors (Lipinski definition) is 1. The summed E-state index contributed by atoms with van der Waals surface area (Å²) < 4.78 is 5.30. The van der Waals surface area contributed by atoms with E-state index in [0.717, 1.165) is 55.7 Å². The smallest absolute Gasteiger partial charge is 0.134 e. The molecule has 1 N–H and O–H groups in total. The topological polar surface area (TPSA) is 50.3 Å². The number of fused-ring (bicyclic) bond motifs is 1. The van der Waals surface area contributed by atoms with E-state index in [4.69, 9.17) is 4.74 Å². The second-order valence-electron chi connectivity index (χ2n) is 7.13. The Morgan fingerprint density at radius 3 is 2.75 bits per heavy atom. The molecule has 0 aliphatic carbocycles. The zero-order valence-electron chi connectivity index (χ0n) is 16.5. The van der Waals surface area contributed by atoms with Crippen molar-refractivity contribution in [3.8, 4) is 5.75 Å². The molecule has 1 aliphatic rings. The van der Waals surface area contributed by atoms with E-state index in [9.17, 15) is 0 Å². The first-order valence-corrected chi connectivity index (χ1v) is 9.75. The van der Waals surface area contributed by atoms with E-state index in [-0.39, 0.29) is 0 Å². The van der Waals surface area contributed by atoms with Gasteiger partial charge in [0.2, 0.25) is 0 Å². The highest BCUT2D eigenvalue weighted by Gasteiger charge is 2.18. The van der Waals surface area contributed by atoms with E-state index in [2.05, 4.69) is 62.6 Å². The van der Waals surface area contributed by atoms with Crippen molar-refractivity contribution in [2.45, 2.75) is 26.3 Å². The van der Waals surface area contributed by atoms with Gasteiger partial charge in [0.15, 0.2) is 0 Å². The van der Waals surface area contributed by atoms with E-state index in [1.807, 2.05) is 19.1 Å². The van der Waals surface area contributed by atoms with Crippen LogP contribution in [0.5, 0.6) is 5.75 Å². The van der Waals surface area contributed by atoms with Gasteiger partial charge in [0.05, 0.1) is 7.11 Å². The maximum Gasteiger partial charge on any atom is 0.134 e. The number of rotatable bonds is 6. The molecule has 0 atom stereocenters. The van der Waals surface area contributed by atoms with Crippen LogP contribution in [0.1, 0.15) is 22.5 Å². The van der Waals surface area contributed by atoms with Crippen LogP contribution in [-0.4, -0.2) is 30.2 Å². The Morgan fingerprint density at radius 2 is 1.89 bits per heavy atom. The number of benzene rings is 2. The fourth-order valence-corrected chi connectivity index (χ4v) is 3.66. The molecular formula is C23H26N4O. The van der Waals surface area contributed by atoms with E-state index in [0.29, 0.717) is 0 Å². The lowest BCUT2D eigenvalue weighted by Gasteiger charge is -2.30. The van der Waals surface area contributed by atoms with Gasteiger partial charge in [-0.15, -0.1) is 0 Å². The third-order valence-corrected chi connectivity index (χ3v) is 5.13. The number of ether oxygens (including phenoxy) is 1. The molecule has 144 valence electrons. The lowest BCUT2D eigenvalue weighted by atomic mass is 10.00. The Balaban J connectivity index is 1.42. The highest BCUT2D eigenvalue weighted by molar-refractivity contribution is 5.51. The normalized spacial score (nSPS) is 13.1. The summed E-state index contributed by atoms with van der Waals surface area (Å²) in [4.78, 5) is 11.6. The zero-order chi connectivity index (χ0) is 19.3. The summed E-state index contributed by atoms with van der Waals surface area (Å²) in [5.74, 6) is 3.55. The van der Waals surface area contributed by atoms with Crippen LogP contribution in [0.4, 0.5) is 11.6 Å². The molecule has 2 heterocycles. The fraction of sp³-hybridized carbons (Fsp3) is 0.304. The Labute approximate surface area is 166 Å². The summed E-state index contributed by atoms with van der Waals surface area (Å²) in [7, 11) is 1.70. The van der Waals surface area contributed by atoms with Gasteiger partial charge >= 0.3 is 0 Å². The molecule has 2 aromatic carbocycles. The first-order valence-electron chi connectivity index (χ1n) is 9.75. The van der Waals surface area contributed by atoms with Gasteiger partial charge in [-0.25, -0.2) is 9.97 Å². The van der Waals surface area contributed by atoms with Gasteiger partial charge in [-0.1, -0.05) is 36.4 Å². The lowest BCUT2D eigenvalue weighted by molar-refractivity contribution is 0.414. The minimum absolute atomic E-state index is 0.792. The average molecular weight is 374 g/mol. The van der Waals surface area contributed by atoms with Crippen molar-refractivity contribution in [2.24, 2.45) is 0 Å². The molecule has 0 saturated carbocycles. The van der Waals surface area contributed by atoms with Gasteiger partial charge in [-0.3, -0.25) is 0 Å². The maximum atomic E-state index is 5.30. The molecule has 5 heteroatoms. The Hall–Kier alpha value is -3.08. The van der Waals surface area contributed by atoms with Crippen LogP contribution >= 0.6 is 0 Å².